The molecule has 1 saturated heterocycles. The van der Waals surface area contributed by atoms with Crippen molar-refractivity contribution in [1.82, 2.24) is 15.1 Å². The van der Waals surface area contributed by atoms with Gasteiger partial charge in [-0.15, -0.1) is 10.2 Å². The average molecular weight is 296 g/mol. The molecule has 1 N–H and O–H groups in total. The molecule has 0 saturated carbocycles. The van der Waals surface area contributed by atoms with E-state index in [0.717, 1.165) is 38.0 Å². The van der Waals surface area contributed by atoms with Gasteiger partial charge in [0.25, 0.3) is 5.91 Å². The maximum absolute atomic E-state index is 12.2. The van der Waals surface area contributed by atoms with Crippen molar-refractivity contribution in [2.24, 2.45) is 0 Å². The highest BCUT2D eigenvalue weighted by Crippen LogP contribution is 2.16. The van der Waals surface area contributed by atoms with Crippen molar-refractivity contribution in [2.75, 3.05) is 18.4 Å². The van der Waals surface area contributed by atoms with E-state index in [2.05, 4.69) is 34.6 Å². The van der Waals surface area contributed by atoms with E-state index in [9.17, 15) is 4.79 Å². The van der Waals surface area contributed by atoms with Crippen LogP contribution in [0.25, 0.3) is 0 Å². The summed E-state index contributed by atoms with van der Waals surface area (Å²) in [5.41, 5.74) is 2.67. The van der Waals surface area contributed by atoms with E-state index in [0.29, 0.717) is 11.5 Å². The molecular formula is C17H20N4O. The van der Waals surface area contributed by atoms with E-state index in [1.54, 1.807) is 12.1 Å². The van der Waals surface area contributed by atoms with Crippen LogP contribution in [0.4, 0.5) is 11.5 Å². The Morgan fingerprint density at radius 1 is 1.09 bits per heavy atom. The second-order valence-electron chi connectivity index (χ2n) is 5.48. The number of hydrogen-bond donors (Lipinski definition) is 1. The normalized spacial score (nSPS) is 14.1. The van der Waals surface area contributed by atoms with Gasteiger partial charge < -0.3 is 10.2 Å². The number of carbonyl (C=O) groups excluding carboxylic acids is 1. The van der Waals surface area contributed by atoms with Crippen LogP contribution in [-0.4, -0.2) is 34.1 Å². The zero-order valence-electron chi connectivity index (χ0n) is 12.7. The average Bonchev–Trinajstić information content (AvgIpc) is 3.10. The van der Waals surface area contributed by atoms with Crippen LogP contribution >= 0.6 is 0 Å². The van der Waals surface area contributed by atoms with Gasteiger partial charge in [-0.05, 0) is 49.1 Å². The summed E-state index contributed by atoms with van der Waals surface area (Å²) in [6.07, 6.45) is 3.17. The SMILES string of the molecule is CCc1ccc(Nc2ccc(C(=O)N3CCCC3)nn2)cc1. The Kier molecular flexibility index (Phi) is 4.32. The zero-order valence-corrected chi connectivity index (χ0v) is 12.7. The number of aryl methyl sites for hydroxylation is 1. The summed E-state index contributed by atoms with van der Waals surface area (Å²) >= 11 is 0. The minimum absolute atomic E-state index is 0.0242. The van der Waals surface area contributed by atoms with Gasteiger partial charge in [-0.3, -0.25) is 4.79 Å². The van der Waals surface area contributed by atoms with Crippen LogP contribution in [0.5, 0.6) is 0 Å². The van der Waals surface area contributed by atoms with Crippen molar-refractivity contribution in [3.8, 4) is 0 Å². The molecule has 2 aromatic rings. The highest BCUT2D eigenvalue weighted by atomic mass is 16.2. The molecule has 0 spiro atoms. The molecule has 5 nitrogen and oxygen atoms in total. The molecule has 3 rings (SSSR count). The predicted molar refractivity (Wildman–Crippen MR) is 86.3 cm³/mol. The highest BCUT2D eigenvalue weighted by molar-refractivity contribution is 5.92. The minimum Gasteiger partial charge on any atom is -0.339 e. The first-order valence-corrected chi connectivity index (χ1v) is 7.75. The fourth-order valence-corrected chi connectivity index (χ4v) is 2.57. The van der Waals surface area contributed by atoms with Crippen molar-refractivity contribution < 1.29 is 4.79 Å². The number of hydrogen-bond acceptors (Lipinski definition) is 4. The molecule has 1 aromatic carbocycles. The monoisotopic (exact) mass is 296 g/mol. The summed E-state index contributed by atoms with van der Waals surface area (Å²) < 4.78 is 0. The van der Waals surface area contributed by atoms with Crippen molar-refractivity contribution in [1.29, 1.82) is 0 Å². The molecule has 0 atom stereocenters. The minimum atomic E-state index is -0.0242. The van der Waals surface area contributed by atoms with Crippen LogP contribution in [0.2, 0.25) is 0 Å². The lowest BCUT2D eigenvalue weighted by Gasteiger charge is -2.14. The summed E-state index contributed by atoms with van der Waals surface area (Å²) in [5.74, 6) is 0.617. The van der Waals surface area contributed by atoms with Crippen LogP contribution < -0.4 is 5.32 Å². The first kappa shape index (κ1) is 14.5. The van der Waals surface area contributed by atoms with E-state index >= 15 is 0 Å². The van der Waals surface area contributed by atoms with Gasteiger partial charge in [0.05, 0.1) is 0 Å². The Bertz CT molecular complexity index is 631. The lowest BCUT2D eigenvalue weighted by molar-refractivity contribution is 0.0786. The highest BCUT2D eigenvalue weighted by Gasteiger charge is 2.20. The Morgan fingerprint density at radius 2 is 1.82 bits per heavy atom. The molecule has 114 valence electrons. The van der Waals surface area contributed by atoms with E-state index < -0.39 is 0 Å². The van der Waals surface area contributed by atoms with Gasteiger partial charge in [-0.2, -0.15) is 0 Å². The molecule has 0 radical (unpaired) electrons. The Morgan fingerprint density at radius 3 is 2.41 bits per heavy atom. The molecule has 5 heteroatoms. The van der Waals surface area contributed by atoms with E-state index in [1.165, 1.54) is 5.56 Å². The number of nitrogens with zero attached hydrogens (tertiary/aromatic N) is 3. The number of anilines is 2. The molecule has 0 aliphatic carbocycles. The maximum atomic E-state index is 12.2. The largest absolute Gasteiger partial charge is 0.339 e. The lowest BCUT2D eigenvalue weighted by Crippen LogP contribution is -2.28. The summed E-state index contributed by atoms with van der Waals surface area (Å²) in [6.45, 7) is 3.78. The molecule has 22 heavy (non-hydrogen) atoms. The quantitative estimate of drug-likeness (QED) is 0.942. The summed E-state index contributed by atoms with van der Waals surface area (Å²) in [6, 6.07) is 11.7. The van der Waals surface area contributed by atoms with Gasteiger partial charge in [0.15, 0.2) is 11.5 Å². The third kappa shape index (κ3) is 3.24. The smallest absolute Gasteiger partial charge is 0.274 e. The van der Waals surface area contributed by atoms with E-state index in [-0.39, 0.29) is 5.91 Å². The molecule has 1 aliphatic heterocycles. The fourth-order valence-electron chi connectivity index (χ4n) is 2.57. The van der Waals surface area contributed by atoms with Gasteiger partial charge in [-0.1, -0.05) is 19.1 Å². The fraction of sp³-hybridized carbons (Fsp3) is 0.353. The van der Waals surface area contributed by atoms with Gasteiger partial charge in [-0.25, -0.2) is 0 Å². The number of rotatable bonds is 4. The first-order chi connectivity index (χ1) is 10.8. The van der Waals surface area contributed by atoms with Gasteiger partial charge in [0.1, 0.15) is 0 Å². The molecule has 1 aliphatic rings. The molecule has 1 fully saturated rings. The second kappa shape index (κ2) is 6.56. The van der Waals surface area contributed by atoms with Crippen molar-refractivity contribution in [3.05, 3.63) is 47.7 Å². The molecule has 0 bridgehead atoms. The number of nitrogens with one attached hydrogen (secondary N) is 1. The zero-order chi connectivity index (χ0) is 15.4. The summed E-state index contributed by atoms with van der Waals surface area (Å²) in [5, 5.41) is 11.3. The van der Waals surface area contributed by atoms with Crippen LogP contribution in [0, 0.1) is 0 Å². The summed E-state index contributed by atoms with van der Waals surface area (Å²) in [7, 11) is 0. The van der Waals surface area contributed by atoms with Crippen LogP contribution in [0.1, 0.15) is 35.8 Å². The molecular weight excluding hydrogens is 276 g/mol. The topological polar surface area (TPSA) is 58.1 Å². The first-order valence-electron chi connectivity index (χ1n) is 7.75. The molecule has 0 unspecified atom stereocenters. The number of benzene rings is 1. The van der Waals surface area contributed by atoms with Gasteiger partial charge in [0, 0.05) is 18.8 Å². The third-order valence-corrected chi connectivity index (χ3v) is 3.91. The van der Waals surface area contributed by atoms with Gasteiger partial charge in [0.2, 0.25) is 0 Å². The van der Waals surface area contributed by atoms with E-state index in [4.69, 9.17) is 0 Å². The molecule has 2 heterocycles. The number of amides is 1. The van der Waals surface area contributed by atoms with Gasteiger partial charge >= 0.3 is 0 Å². The molecule has 1 amide bonds. The molecule has 1 aromatic heterocycles. The standard InChI is InChI=1S/C17H20N4O/c1-2-13-5-7-14(8-6-13)18-16-10-9-15(19-20-16)17(22)21-11-3-4-12-21/h5-10H,2-4,11-12H2,1H3,(H,18,20). The summed E-state index contributed by atoms with van der Waals surface area (Å²) in [4.78, 5) is 14.0. The third-order valence-electron chi connectivity index (χ3n) is 3.91. The van der Waals surface area contributed by atoms with Crippen LogP contribution in [0.3, 0.4) is 0 Å². The Hall–Kier alpha value is -2.43. The number of likely N-dealkylation sites (tertiary alicyclic amines) is 1. The van der Waals surface area contributed by atoms with Crippen molar-refractivity contribution in [3.63, 3.8) is 0 Å². The maximum Gasteiger partial charge on any atom is 0.274 e. The van der Waals surface area contributed by atoms with Crippen LogP contribution in [-0.2, 0) is 6.42 Å². The Balaban J connectivity index is 1.66. The predicted octanol–water partition coefficient (Wildman–Crippen LogP) is 3.02. The van der Waals surface area contributed by atoms with Crippen molar-refractivity contribution >= 4 is 17.4 Å². The Labute approximate surface area is 130 Å². The lowest BCUT2D eigenvalue weighted by atomic mass is 10.1. The number of carbonyl (C=O) groups is 1. The second-order valence-corrected chi connectivity index (χ2v) is 5.48. The van der Waals surface area contributed by atoms with Crippen LogP contribution in [0.15, 0.2) is 36.4 Å². The van der Waals surface area contributed by atoms with Crippen molar-refractivity contribution in [2.45, 2.75) is 26.2 Å². The number of aromatic nitrogens is 2. The van der Waals surface area contributed by atoms with E-state index in [1.807, 2.05) is 17.0 Å².